The second-order valence-corrected chi connectivity index (χ2v) is 12.8. The summed E-state index contributed by atoms with van der Waals surface area (Å²) in [6.45, 7) is 6.75. The van der Waals surface area contributed by atoms with Crippen molar-refractivity contribution in [3.8, 4) is 17.3 Å². The molecule has 0 fully saturated rings. The van der Waals surface area contributed by atoms with E-state index in [1.807, 2.05) is 30.6 Å². The zero-order chi connectivity index (χ0) is 30.3. The lowest BCUT2D eigenvalue weighted by Crippen LogP contribution is -2.10. The summed E-state index contributed by atoms with van der Waals surface area (Å²) < 4.78 is 11.2. The number of benzene rings is 4. The summed E-state index contributed by atoms with van der Waals surface area (Å²) in [5.41, 5.74) is 7.88. The van der Waals surface area contributed by atoms with Crippen LogP contribution in [-0.2, 0) is 5.41 Å². The minimum Gasteiger partial charge on any atom is -0.457 e. The highest BCUT2D eigenvalue weighted by Crippen LogP contribution is 2.39. The highest BCUT2D eigenvalue weighted by molar-refractivity contribution is 6.14. The number of fused-ring (bicyclic) bond motifs is 11. The van der Waals surface area contributed by atoms with Crippen LogP contribution in [0.15, 0.2) is 128 Å². The van der Waals surface area contributed by atoms with Crippen molar-refractivity contribution in [3.63, 3.8) is 0 Å². The van der Waals surface area contributed by atoms with Gasteiger partial charge in [0.05, 0.1) is 33.1 Å². The van der Waals surface area contributed by atoms with Crippen LogP contribution < -0.4 is 4.74 Å². The summed E-state index contributed by atoms with van der Waals surface area (Å²) in [7, 11) is 0. The van der Waals surface area contributed by atoms with Crippen molar-refractivity contribution >= 4 is 60.0 Å². The van der Waals surface area contributed by atoms with Gasteiger partial charge in [0.25, 0.3) is 0 Å². The van der Waals surface area contributed by atoms with Gasteiger partial charge < -0.3 is 9.14 Å². The van der Waals surface area contributed by atoms with Crippen molar-refractivity contribution < 1.29 is 4.74 Å². The molecule has 9 aromatic rings. The second kappa shape index (κ2) is 9.41. The van der Waals surface area contributed by atoms with Gasteiger partial charge in [0.2, 0.25) is 0 Å². The molecule has 0 unspecified atom stereocenters. The van der Waals surface area contributed by atoms with Crippen LogP contribution in [0.25, 0.3) is 65.8 Å². The van der Waals surface area contributed by atoms with E-state index in [1.54, 1.807) is 0 Å². The zero-order valence-corrected chi connectivity index (χ0v) is 25.3. The van der Waals surface area contributed by atoms with E-state index in [0.717, 1.165) is 55.7 Å². The van der Waals surface area contributed by atoms with Gasteiger partial charge >= 0.3 is 0 Å². The first-order chi connectivity index (χ1) is 21.9. The first-order valence-corrected chi connectivity index (χ1v) is 15.3. The maximum Gasteiger partial charge on any atom is 0.137 e. The first kappa shape index (κ1) is 25.8. The molecule has 216 valence electrons. The van der Waals surface area contributed by atoms with E-state index in [4.69, 9.17) is 14.7 Å². The molecule has 0 spiro atoms. The highest BCUT2D eigenvalue weighted by Gasteiger charge is 2.19. The minimum absolute atomic E-state index is 0.0299. The molecule has 0 radical (unpaired) electrons. The Bertz CT molecular complexity index is 2600. The van der Waals surface area contributed by atoms with Crippen molar-refractivity contribution in [1.82, 2.24) is 18.9 Å². The van der Waals surface area contributed by atoms with Crippen LogP contribution in [0.4, 0.5) is 0 Å². The van der Waals surface area contributed by atoms with E-state index in [0.29, 0.717) is 0 Å². The predicted molar refractivity (Wildman–Crippen MR) is 185 cm³/mol. The Morgan fingerprint density at radius 1 is 0.533 bits per heavy atom. The van der Waals surface area contributed by atoms with E-state index >= 15 is 0 Å². The minimum atomic E-state index is 0.0299. The fourth-order valence-corrected chi connectivity index (χ4v) is 6.80. The predicted octanol–water partition coefficient (Wildman–Crippen LogP) is 10.4. The summed E-state index contributed by atoms with van der Waals surface area (Å²) in [5, 5.41) is 5.78. The van der Waals surface area contributed by atoms with Gasteiger partial charge in [0, 0.05) is 45.4 Å². The molecular formula is C40H30N4O. The molecule has 0 atom stereocenters. The van der Waals surface area contributed by atoms with Gasteiger partial charge in [-0.2, -0.15) is 0 Å². The average molecular weight is 583 g/mol. The number of hydrogen-bond acceptors (Lipinski definition) is 3. The van der Waals surface area contributed by atoms with E-state index in [1.165, 1.54) is 27.2 Å². The summed E-state index contributed by atoms with van der Waals surface area (Å²) in [5.74, 6) is 2.42. The normalized spacial score (nSPS) is 12.3. The molecule has 0 saturated carbocycles. The molecule has 0 bridgehead atoms. The molecule has 0 saturated heterocycles. The number of ether oxygens (including phenoxy) is 1. The third kappa shape index (κ3) is 3.94. The molecule has 0 aliphatic carbocycles. The summed E-state index contributed by atoms with van der Waals surface area (Å²) >= 11 is 0. The van der Waals surface area contributed by atoms with Gasteiger partial charge in [0.1, 0.15) is 17.3 Å². The van der Waals surface area contributed by atoms with Crippen molar-refractivity contribution in [1.29, 1.82) is 0 Å². The molecular weight excluding hydrogens is 552 g/mol. The number of para-hydroxylation sites is 1. The Morgan fingerprint density at radius 2 is 1.22 bits per heavy atom. The number of hydrogen-bond donors (Lipinski definition) is 0. The standard InChI is InChI=1S/C40H30N4O/c1-40(2,3)26-13-16-29-30-17-15-28(24-37(30)44(36(29)22-26)38-12-6-7-19-41-38)45-27-14-18-31-32(23-27)39-34(11-8-20-42-39)43-33-10-5-4-9-25(33)21-35(31)43/h4-24H,1-3H3. The van der Waals surface area contributed by atoms with Gasteiger partial charge in [-0.05, 0) is 83.8 Å². The van der Waals surface area contributed by atoms with Crippen LogP contribution in [-0.4, -0.2) is 18.9 Å². The Hall–Kier alpha value is -5.68. The summed E-state index contributed by atoms with van der Waals surface area (Å²) in [6.07, 6.45) is 3.71. The number of nitrogens with zero attached hydrogens (tertiary/aromatic N) is 4. The van der Waals surface area contributed by atoms with Crippen molar-refractivity contribution in [3.05, 3.63) is 133 Å². The van der Waals surface area contributed by atoms with Crippen LogP contribution in [0.2, 0.25) is 0 Å². The molecule has 5 heterocycles. The number of rotatable bonds is 3. The van der Waals surface area contributed by atoms with E-state index < -0.39 is 0 Å². The lowest BCUT2D eigenvalue weighted by Gasteiger charge is -2.19. The molecule has 4 aromatic carbocycles. The molecule has 9 rings (SSSR count). The molecule has 0 N–H and O–H groups in total. The monoisotopic (exact) mass is 582 g/mol. The first-order valence-electron chi connectivity index (χ1n) is 15.3. The third-order valence-electron chi connectivity index (χ3n) is 8.98. The fourth-order valence-electron chi connectivity index (χ4n) is 6.80. The van der Waals surface area contributed by atoms with Crippen LogP contribution in [0.1, 0.15) is 26.3 Å². The highest BCUT2D eigenvalue weighted by atomic mass is 16.5. The second-order valence-electron chi connectivity index (χ2n) is 12.8. The lowest BCUT2D eigenvalue weighted by atomic mass is 9.86. The van der Waals surface area contributed by atoms with Gasteiger partial charge in [-0.1, -0.05) is 57.2 Å². The van der Waals surface area contributed by atoms with Gasteiger partial charge in [-0.3, -0.25) is 9.55 Å². The maximum absolute atomic E-state index is 6.61. The molecule has 0 aliphatic rings. The maximum atomic E-state index is 6.61. The summed E-state index contributed by atoms with van der Waals surface area (Å²) in [4.78, 5) is 9.59. The largest absolute Gasteiger partial charge is 0.457 e. The van der Waals surface area contributed by atoms with Crippen molar-refractivity contribution in [2.75, 3.05) is 0 Å². The van der Waals surface area contributed by atoms with Crippen LogP contribution in [0.5, 0.6) is 11.5 Å². The zero-order valence-electron chi connectivity index (χ0n) is 25.3. The fraction of sp³-hybridized carbons (Fsp3) is 0.100. The van der Waals surface area contributed by atoms with Gasteiger partial charge in [0.15, 0.2) is 0 Å². The molecule has 5 aromatic heterocycles. The third-order valence-corrected chi connectivity index (χ3v) is 8.98. The Labute approximate surface area is 260 Å². The average Bonchev–Trinajstić information content (AvgIpc) is 3.61. The van der Waals surface area contributed by atoms with Gasteiger partial charge in [-0.15, -0.1) is 0 Å². The quantitative estimate of drug-likeness (QED) is 0.195. The smallest absolute Gasteiger partial charge is 0.137 e. The van der Waals surface area contributed by atoms with Crippen molar-refractivity contribution in [2.45, 2.75) is 26.2 Å². The van der Waals surface area contributed by atoms with E-state index in [-0.39, 0.29) is 5.41 Å². The molecule has 0 amide bonds. The Balaban J connectivity index is 1.22. The SMILES string of the molecule is CC(C)(C)c1ccc2c3ccc(Oc4ccc5c(c4)c4ncccc4n4c6ccccc6cc54)cc3n(-c3ccccn3)c2c1. The molecule has 45 heavy (non-hydrogen) atoms. The van der Waals surface area contributed by atoms with E-state index in [2.05, 4.69) is 127 Å². The topological polar surface area (TPSA) is 44.4 Å². The molecule has 0 aliphatic heterocycles. The van der Waals surface area contributed by atoms with Crippen LogP contribution in [0, 0.1) is 0 Å². The molecule has 5 nitrogen and oxygen atoms in total. The molecule has 5 heteroatoms. The number of pyridine rings is 3. The van der Waals surface area contributed by atoms with Gasteiger partial charge in [-0.25, -0.2) is 4.98 Å². The van der Waals surface area contributed by atoms with Crippen LogP contribution in [0.3, 0.4) is 0 Å². The Kier molecular flexibility index (Phi) is 5.39. The Morgan fingerprint density at radius 3 is 2.02 bits per heavy atom. The van der Waals surface area contributed by atoms with Crippen molar-refractivity contribution in [2.24, 2.45) is 0 Å². The van der Waals surface area contributed by atoms with E-state index in [9.17, 15) is 0 Å². The van der Waals surface area contributed by atoms with Crippen LogP contribution >= 0.6 is 0 Å². The number of aromatic nitrogens is 4. The lowest BCUT2D eigenvalue weighted by molar-refractivity contribution is 0.484. The summed E-state index contributed by atoms with van der Waals surface area (Å²) in [6, 6.07) is 40.4.